The number of ether oxygens (including phenoxy) is 1. The van der Waals surface area contributed by atoms with Crippen LogP contribution in [0.2, 0.25) is 0 Å². The molecule has 0 radical (unpaired) electrons. The summed E-state index contributed by atoms with van der Waals surface area (Å²) in [5.41, 5.74) is 2.19. The van der Waals surface area contributed by atoms with Crippen LogP contribution in [-0.2, 0) is 0 Å². The number of amides is 1. The van der Waals surface area contributed by atoms with E-state index in [1.165, 1.54) is 25.7 Å². The number of rotatable bonds is 5. The summed E-state index contributed by atoms with van der Waals surface area (Å²) in [6, 6.07) is 15.1. The highest BCUT2D eigenvalue weighted by Gasteiger charge is 2.39. The van der Waals surface area contributed by atoms with Crippen LogP contribution < -0.4 is 20.7 Å². The zero-order valence-corrected chi connectivity index (χ0v) is 16.7. The Kier molecular flexibility index (Phi) is 5.48. The Bertz CT molecular complexity index is 851. The largest absolute Gasteiger partial charge is 0.497 e. The monoisotopic (exact) mass is 395 g/mol. The van der Waals surface area contributed by atoms with Gasteiger partial charge in [0.1, 0.15) is 5.75 Å². The Balaban J connectivity index is 1.30. The third-order valence-electron chi connectivity index (χ3n) is 5.81. The van der Waals surface area contributed by atoms with Crippen LogP contribution in [-0.4, -0.2) is 24.2 Å². The van der Waals surface area contributed by atoms with Crippen molar-refractivity contribution in [2.75, 3.05) is 17.7 Å². The summed E-state index contributed by atoms with van der Waals surface area (Å²) >= 11 is 5.47. The van der Waals surface area contributed by atoms with E-state index < -0.39 is 0 Å². The van der Waals surface area contributed by atoms with E-state index in [2.05, 4.69) is 16.0 Å². The summed E-state index contributed by atoms with van der Waals surface area (Å²) in [5.74, 6) is 2.26. The third kappa shape index (κ3) is 4.28. The number of carbonyl (C=O) groups is 1. The van der Waals surface area contributed by atoms with Crippen molar-refractivity contribution < 1.29 is 9.53 Å². The lowest BCUT2D eigenvalue weighted by Crippen LogP contribution is -2.40. The molecule has 0 spiro atoms. The minimum absolute atomic E-state index is 0.153. The number of anilines is 2. The number of benzene rings is 2. The van der Waals surface area contributed by atoms with Gasteiger partial charge < -0.3 is 20.7 Å². The highest BCUT2D eigenvalue weighted by Crippen LogP contribution is 2.44. The van der Waals surface area contributed by atoms with Gasteiger partial charge in [-0.1, -0.05) is 6.42 Å². The molecule has 2 aromatic rings. The lowest BCUT2D eigenvalue weighted by Gasteiger charge is -2.24. The molecule has 2 aliphatic carbocycles. The van der Waals surface area contributed by atoms with Crippen LogP contribution in [0, 0.1) is 11.8 Å². The molecule has 2 bridgehead atoms. The summed E-state index contributed by atoms with van der Waals surface area (Å²) in [4.78, 5) is 12.4. The zero-order valence-electron chi connectivity index (χ0n) is 15.9. The molecule has 0 heterocycles. The average Bonchev–Trinajstić information content (AvgIpc) is 3.32. The minimum Gasteiger partial charge on any atom is -0.497 e. The van der Waals surface area contributed by atoms with Crippen molar-refractivity contribution in [3.63, 3.8) is 0 Å². The van der Waals surface area contributed by atoms with E-state index in [4.69, 9.17) is 17.0 Å². The first-order chi connectivity index (χ1) is 13.6. The molecule has 4 rings (SSSR count). The number of hydrogen-bond donors (Lipinski definition) is 3. The van der Waals surface area contributed by atoms with Crippen LogP contribution in [0.15, 0.2) is 48.5 Å². The van der Waals surface area contributed by atoms with Crippen molar-refractivity contribution in [1.29, 1.82) is 0 Å². The van der Waals surface area contributed by atoms with Gasteiger partial charge in [0.15, 0.2) is 5.11 Å². The molecule has 5 nitrogen and oxygen atoms in total. The fourth-order valence-corrected chi connectivity index (χ4v) is 4.61. The Morgan fingerprint density at radius 3 is 2.25 bits per heavy atom. The standard InChI is InChI=1S/C22H25N3O2S/c1-27-19-10-8-17(9-11-19)23-21(26)15-4-6-18(7-5-15)24-22(28)25-20-13-14-2-3-16(20)12-14/h4-11,14,16,20H,2-3,12-13H2,1H3,(H,23,26)(H2,24,25,28)/t14-,16+,20+/m1/s1. The first kappa shape index (κ1) is 18.7. The zero-order chi connectivity index (χ0) is 19.5. The Morgan fingerprint density at radius 2 is 1.64 bits per heavy atom. The number of carbonyl (C=O) groups excluding carboxylic acids is 1. The van der Waals surface area contributed by atoms with Crippen LogP contribution >= 0.6 is 12.2 Å². The van der Waals surface area contributed by atoms with Crippen LogP contribution in [0.3, 0.4) is 0 Å². The van der Waals surface area contributed by atoms with E-state index in [-0.39, 0.29) is 5.91 Å². The molecule has 1 amide bonds. The molecule has 0 saturated heterocycles. The summed E-state index contributed by atoms with van der Waals surface area (Å²) < 4.78 is 5.12. The molecule has 28 heavy (non-hydrogen) atoms. The second-order valence-corrected chi connectivity index (χ2v) is 8.05. The normalized spacial score (nSPS) is 22.5. The molecule has 2 aromatic carbocycles. The quantitative estimate of drug-likeness (QED) is 0.654. The third-order valence-corrected chi connectivity index (χ3v) is 6.03. The maximum Gasteiger partial charge on any atom is 0.255 e. The molecule has 2 aliphatic rings. The van der Waals surface area contributed by atoms with Crippen LogP contribution in [0.25, 0.3) is 0 Å². The predicted octanol–water partition coefficient (Wildman–Crippen LogP) is 4.42. The average molecular weight is 396 g/mol. The lowest BCUT2D eigenvalue weighted by atomic mass is 9.96. The number of methoxy groups -OCH3 is 1. The Hall–Kier alpha value is -2.60. The van der Waals surface area contributed by atoms with Crippen LogP contribution in [0.4, 0.5) is 11.4 Å². The highest BCUT2D eigenvalue weighted by molar-refractivity contribution is 7.80. The smallest absolute Gasteiger partial charge is 0.255 e. The first-order valence-electron chi connectivity index (χ1n) is 9.73. The van der Waals surface area contributed by atoms with Crippen molar-refractivity contribution in [3.05, 3.63) is 54.1 Å². The van der Waals surface area contributed by atoms with Crippen molar-refractivity contribution in [1.82, 2.24) is 5.32 Å². The summed E-state index contributed by atoms with van der Waals surface area (Å²) in [6.45, 7) is 0. The summed E-state index contributed by atoms with van der Waals surface area (Å²) in [6.07, 6.45) is 5.28. The van der Waals surface area contributed by atoms with E-state index in [1.807, 2.05) is 36.4 Å². The molecule has 6 heteroatoms. The highest BCUT2D eigenvalue weighted by atomic mass is 32.1. The maximum absolute atomic E-state index is 12.4. The van der Waals surface area contributed by atoms with Gasteiger partial charge in [-0.2, -0.15) is 0 Å². The number of thiocarbonyl (C=S) groups is 1. The van der Waals surface area contributed by atoms with E-state index >= 15 is 0 Å². The molecule has 3 atom stereocenters. The molecule has 3 N–H and O–H groups in total. The molecular formula is C22H25N3O2S. The second kappa shape index (κ2) is 8.19. The molecule has 2 fully saturated rings. The summed E-state index contributed by atoms with van der Waals surface area (Å²) in [7, 11) is 1.61. The van der Waals surface area contributed by atoms with E-state index in [0.717, 1.165) is 29.0 Å². The van der Waals surface area contributed by atoms with Crippen LogP contribution in [0.5, 0.6) is 5.75 Å². The van der Waals surface area contributed by atoms with Crippen molar-refractivity contribution in [3.8, 4) is 5.75 Å². The van der Waals surface area contributed by atoms with Gasteiger partial charge >= 0.3 is 0 Å². The molecular weight excluding hydrogens is 370 g/mol. The SMILES string of the molecule is COc1ccc(NC(=O)c2ccc(NC(=S)N[C@H]3C[C@@H]4CC[C@H]3C4)cc2)cc1. The van der Waals surface area contributed by atoms with E-state index in [0.29, 0.717) is 16.7 Å². The lowest BCUT2D eigenvalue weighted by molar-refractivity contribution is 0.102. The van der Waals surface area contributed by atoms with Crippen molar-refractivity contribution >= 4 is 34.6 Å². The second-order valence-electron chi connectivity index (χ2n) is 7.64. The van der Waals surface area contributed by atoms with Gasteiger partial charge in [-0.15, -0.1) is 0 Å². The first-order valence-corrected chi connectivity index (χ1v) is 10.1. The van der Waals surface area contributed by atoms with Gasteiger partial charge in [0, 0.05) is 23.0 Å². The molecule has 2 saturated carbocycles. The number of fused-ring (bicyclic) bond motifs is 2. The van der Waals surface area contributed by atoms with E-state index in [1.54, 1.807) is 19.2 Å². The maximum atomic E-state index is 12.4. The fraction of sp³-hybridized carbons (Fsp3) is 0.364. The number of nitrogens with one attached hydrogen (secondary N) is 3. The van der Waals surface area contributed by atoms with Gasteiger partial charge in [-0.3, -0.25) is 4.79 Å². The fourth-order valence-electron chi connectivity index (χ4n) is 4.34. The molecule has 0 unspecified atom stereocenters. The topological polar surface area (TPSA) is 62.4 Å². The van der Waals surface area contributed by atoms with Crippen molar-refractivity contribution in [2.24, 2.45) is 11.8 Å². The molecule has 146 valence electrons. The Morgan fingerprint density at radius 1 is 0.964 bits per heavy atom. The minimum atomic E-state index is -0.153. The molecule has 0 aromatic heterocycles. The van der Waals surface area contributed by atoms with Gasteiger partial charge in [0.25, 0.3) is 5.91 Å². The van der Waals surface area contributed by atoms with Crippen LogP contribution in [0.1, 0.15) is 36.0 Å². The molecule has 0 aliphatic heterocycles. The Labute approximate surface area is 170 Å². The van der Waals surface area contributed by atoms with Crippen molar-refractivity contribution in [2.45, 2.75) is 31.7 Å². The van der Waals surface area contributed by atoms with Gasteiger partial charge in [-0.25, -0.2) is 0 Å². The van der Waals surface area contributed by atoms with E-state index in [9.17, 15) is 4.79 Å². The predicted molar refractivity (Wildman–Crippen MR) is 116 cm³/mol. The number of hydrogen-bond acceptors (Lipinski definition) is 3. The summed E-state index contributed by atoms with van der Waals surface area (Å²) in [5, 5.41) is 10.2. The van der Waals surface area contributed by atoms with Gasteiger partial charge in [-0.05, 0) is 91.8 Å². The van der Waals surface area contributed by atoms with Gasteiger partial charge in [0.2, 0.25) is 0 Å². The van der Waals surface area contributed by atoms with Gasteiger partial charge in [0.05, 0.1) is 7.11 Å².